The highest BCUT2D eigenvalue weighted by molar-refractivity contribution is 5.77. The number of likely N-dealkylation sites (N-methyl/N-ethyl adjacent to an activating group) is 2. The summed E-state index contributed by atoms with van der Waals surface area (Å²) in [6.45, 7) is 6.53. The molecule has 0 aliphatic heterocycles. The molecule has 0 rings (SSSR count). The molecular formula is C32H60N2O8. The summed E-state index contributed by atoms with van der Waals surface area (Å²) in [4.78, 5) is 50.4. The first kappa shape index (κ1) is 39.8. The molecule has 0 saturated carbocycles. The van der Waals surface area contributed by atoms with Crippen LogP contribution in [0.1, 0.15) is 117 Å². The first-order chi connectivity index (χ1) is 20.3. The van der Waals surface area contributed by atoms with E-state index in [0.717, 1.165) is 89.9 Å². The molecule has 0 unspecified atom stereocenters. The van der Waals surface area contributed by atoms with Crippen LogP contribution in [0.3, 0.4) is 0 Å². The predicted molar refractivity (Wildman–Crippen MR) is 164 cm³/mol. The Hall–Kier alpha value is -2.20. The highest BCUT2D eigenvalue weighted by Gasteiger charge is 2.10. The summed E-state index contributed by atoms with van der Waals surface area (Å²) in [5, 5.41) is 0. The van der Waals surface area contributed by atoms with Gasteiger partial charge in [0.25, 0.3) is 0 Å². The van der Waals surface area contributed by atoms with Crippen molar-refractivity contribution in [1.29, 1.82) is 0 Å². The fourth-order valence-electron chi connectivity index (χ4n) is 4.38. The van der Waals surface area contributed by atoms with Gasteiger partial charge < -0.3 is 28.7 Å². The average molecular weight is 601 g/mol. The van der Waals surface area contributed by atoms with Crippen LogP contribution < -0.4 is 0 Å². The molecule has 0 fully saturated rings. The summed E-state index contributed by atoms with van der Waals surface area (Å²) in [5.74, 6) is -0.319. The lowest BCUT2D eigenvalue weighted by Crippen LogP contribution is -2.32. The molecule has 0 aliphatic carbocycles. The fourth-order valence-corrected chi connectivity index (χ4v) is 4.38. The third-order valence-corrected chi connectivity index (χ3v) is 7.03. The molecular weight excluding hydrogens is 540 g/mol. The number of unbranched alkanes of at least 4 members (excludes halogenated alkanes) is 12. The Labute approximate surface area is 255 Å². The normalized spacial score (nSPS) is 10.9. The predicted octanol–water partition coefficient (Wildman–Crippen LogP) is 5.30. The Morgan fingerprint density at radius 3 is 1.12 bits per heavy atom. The van der Waals surface area contributed by atoms with Gasteiger partial charge in [-0.2, -0.15) is 0 Å². The zero-order valence-corrected chi connectivity index (χ0v) is 27.1. The Morgan fingerprint density at radius 2 is 0.786 bits per heavy atom. The molecule has 0 saturated heterocycles. The molecule has 246 valence electrons. The zero-order valence-electron chi connectivity index (χ0n) is 27.1. The van der Waals surface area contributed by atoms with Gasteiger partial charge in [-0.3, -0.25) is 19.2 Å². The van der Waals surface area contributed by atoms with Crippen LogP contribution >= 0.6 is 0 Å². The van der Waals surface area contributed by atoms with Gasteiger partial charge in [0.2, 0.25) is 11.8 Å². The van der Waals surface area contributed by atoms with Crippen LogP contribution in [0.2, 0.25) is 0 Å². The molecule has 10 heteroatoms. The van der Waals surface area contributed by atoms with Crippen LogP contribution in [0.5, 0.6) is 0 Å². The lowest BCUT2D eigenvalue weighted by atomic mass is 10.1. The monoisotopic (exact) mass is 600 g/mol. The average Bonchev–Trinajstić information content (AvgIpc) is 2.96. The van der Waals surface area contributed by atoms with Crippen LogP contribution in [0.4, 0.5) is 0 Å². The first-order valence-corrected chi connectivity index (χ1v) is 16.3. The SMILES string of the molecule is CCOC(=O)CCCCCCCCCN(C)C(=O)COCCOCC(=O)N(C)CCCCCCCCCC(=O)OCC. The Balaban J connectivity index is 3.56. The molecule has 2 amide bonds. The van der Waals surface area contributed by atoms with Crippen LogP contribution in [0, 0.1) is 0 Å². The van der Waals surface area contributed by atoms with E-state index < -0.39 is 0 Å². The second-order valence-electron chi connectivity index (χ2n) is 10.8. The third-order valence-electron chi connectivity index (χ3n) is 7.03. The van der Waals surface area contributed by atoms with Crippen LogP contribution in [0.15, 0.2) is 0 Å². The summed E-state index contributed by atoms with van der Waals surface area (Å²) in [5.41, 5.74) is 0. The summed E-state index contributed by atoms with van der Waals surface area (Å²) in [7, 11) is 3.58. The maximum Gasteiger partial charge on any atom is 0.305 e. The van der Waals surface area contributed by atoms with E-state index in [1.54, 1.807) is 23.9 Å². The molecule has 0 atom stereocenters. The van der Waals surface area contributed by atoms with Crippen LogP contribution in [-0.4, -0.2) is 100 Å². The Bertz CT molecular complexity index is 646. The minimum Gasteiger partial charge on any atom is -0.466 e. The van der Waals surface area contributed by atoms with E-state index in [-0.39, 0.29) is 50.2 Å². The highest BCUT2D eigenvalue weighted by atomic mass is 16.5. The minimum atomic E-state index is -0.105. The van der Waals surface area contributed by atoms with E-state index in [9.17, 15) is 19.2 Å². The van der Waals surface area contributed by atoms with Crippen molar-refractivity contribution in [1.82, 2.24) is 9.80 Å². The zero-order chi connectivity index (χ0) is 31.3. The molecule has 0 aromatic heterocycles. The maximum absolute atomic E-state index is 12.2. The van der Waals surface area contributed by atoms with Crippen LogP contribution in [-0.2, 0) is 38.1 Å². The van der Waals surface area contributed by atoms with Gasteiger partial charge in [-0.05, 0) is 39.5 Å². The Kier molecular flexibility index (Phi) is 27.4. The van der Waals surface area contributed by atoms with Crippen molar-refractivity contribution in [2.45, 2.75) is 117 Å². The molecule has 0 aromatic rings. The molecule has 0 aromatic carbocycles. The first-order valence-electron chi connectivity index (χ1n) is 16.3. The molecule has 10 nitrogen and oxygen atoms in total. The largest absolute Gasteiger partial charge is 0.466 e. The van der Waals surface area contributed by atoms with Gasteiger partial charge in [0, 0.05) is 40.0 Å². The molecule has 0 N–H and O–H groups in total. The molecule has 0 spiro atoms. The Morgan fingerprint density at radius 1 is 0.476 bits per heavy atom. The van der Waals surface area contributed by atoms with Crippen molar-refractivity contribution >= 4 is 23.8 Å². The number of amides is 2. The van der Waals surface area contributed by atoms with Crippen molar-refractivity contribution in [2.24, 2.45) is 0 Å². The lowest BCUT2D eigenvalue weighted by molar-refractivity contribution is -0.144. The standard InChI is InChI=1S/C32H60N2O8/c1-5-41-31(37)21-17-13-9-7-11-15-19-23-33(3)29(35)27-39-25-26-40-28-30(36)34(4)24-20-16-12-8-10-14-18-22-32(38)42-6-2/h5-28H2,1-4H3. The van der Waals surface area contributed by atoms with Crippen molar-refractivity contribution in [3.05, 3.63) is 0 Å². The van der Waals surface area contributed by atoms with Gasteiger partial charge in [0.1, 0.15) is 13.2 Å². The molecule has 0 bridgehead atoms. The quantitative estimate of drug-likeness (QED) is 0.0840. The smallest absolute Gasteiger partial charge is 0.305 e. The fraction of sp³-hybridized carbons (Fsp3) is 0.875. The number of carbonyl (C=O) groups is 4. The van der Waals surface area contributed by atoms with E-state index >= 15 is 0 Å². The topological polar surface area (TPSA) is 112 Å². The van der Waals surface area contributed by atoms with E-state index in [1.165, 1.54) is 0 Å². The third kappa shape index (κ3) is 25.5. The van der Waals surface area contributed by atoms with Gasteiger partial charge in [0.05, 0.1) is 26.4 Å². The number of hydrogen-bond acceptors (Lipinski definition) is 8. The molecule has 0 radical (unpaired) electrons. The van der Waals surface area contributed by atoms with Crippen LogP contribution in [0.25, 0.3) is 0 Å². The maximum atomic E-state index is 12.2. The van der Waals surface area contributed by atoms with Gasteiger partial charge >= 0.3 is 11.9 Å². The van der Waals surface area contributed by atoms with Gasteiger partial charge in [0.15, 0.2) is 0 Å². The molecule has 0 heterocycles. The minimum absolute atomic E-state index is 0.0135. The number of hydrogen-bond donors (Lipinski definition) is 0. The van der Waals surface area contributed by atoms with Crippen molar-refractivity contribution in [2.75, 3.05) is 66.8 Å². The summed E-state index contributed by atoms with van der Waals surface area (Å²) in [6.07, 6.45) is 15.7. The number of esters is 2. The highest BCUT2D eigenvalue weighted by Crippen LogP contribution is 2.11. The number of carbonyl (C=O) groups excluding carboxylic acids is 4. The van der Waals surface area contributed by atoms with Crippen molar-refractivity contribution in [3.8, 4) is 0 Å². The lowest BCUT2D eigenvalue weighted by Gasteiger charge is -2.18. The van der Waals surface area contributed by atoms with Gasteiger partial charge in [-0.25, -0.2) is 0 Å². The van der Waals surface area contributed by atoms with E-state index in [1.807, 2.05) is 13.8 Å². The van der Waals surface area contributed by atoms with Gasteiger partial charge in [-0.1, -0.05) is 64.2 Å². The number of ether oxygens (including phenoxy) is 4. The second-order valence-corrected chi connectivity index (χ2v) is 10.8. The number of rotatable bonds is 29. The number of nitrogens with zero attached hydrogens (tertiary/aromatic N) is 2. The van der Waals surface area contributed by atoms with E-state index in [4.69, 9.17) is 18.9 Å². The summed E-state index contributed by atoms with van der Waals surface area (Å²) >= 11 is 0. The van der Waals surface area contributed by atoms with E-state index in [2.05, 4.69) is 0 Å². The van der Waals surface area contributed by atoms with Gasteiger partial charge in [-0.15, -0.1) is 0 Å². The van der Waals surface area contributed by atoms with Crippen molar-refractivity contribution in [3.63, 3.8) is 0 Å². The summed E-state index contributed by atoms with van der Waals surface area (Å²) in [6, 6.07) is 0. The second kappa shape index (κ2) is 28.9. The molecule has 42 heavy (non-hydrogen) atoms. The van der Waals surface area contributed by atoms with Crippen molar-refractivity contribution < 1.29 is 38.1 Å². The molecule has 0 aliphatic rings. The van der Waals surface area contributed by atoms with E-state index in [0.29, 0.717) is 39.1 Å². The summed E-state index contributed by atoms with van der Waals surface area (Å²) < 4.78 is 20.7.